The second kappa shape index (κ2) is 15.7. The van der Waals surface area contributed by atoms with Gasteiger partial charge >= 0.3 is 0 Å². The van der Waals surface area contributed by atoms with Gasteiger partial charge in [-0.1, -0.05) is 198 Å². The summed E-state index contributed by atoms with van der Waals surface area (Å²) in [6, 6.07) is 76.8. The first-order chi connectivity index (χ1) is 35.0. The molecular weight excluding hydrogens is 888 g/mol. The molecule has 10 aromatic rings. The number of anilines is 6. The number of rotatable bonds is 5. The van der Waals surface area contributed by atoms with Gasteiger partial charge in [-0.3, -0.25) is 0 Å². The van der Waals surface area contributed by atoms with Gasteiger partial charge in [-0.15, -0.1) is 11.3 Å². The molecule has 2 nitrogen and oxygen atoms in total. The predicted octanol–water partition coefficient (Wildman–Crippen LogP) is 16.5. The number of para-hydroxylation sites is 1. The van der Waals surface area contributed by atoms with Crippen molar-refractivity contribution in [2.45, 2.75) is 65.2 Å². The van der Waals surface area contributed by atoms with Crippen molar-refractivity contribution in [3.05, 3.63) is 244 Å². The van der Waals surface area contributed by atoms with Gasteiger partial charge in [-0.25, -0.2) is 0 Å². The minimum atomic E-state index is -0.473. The van der Waals surface area contributed by atoms with Crippen LogP contribution in [0.3, 0.4) is 0 Å². The van der Waals surface area contributed by atoms with Crippen molar-refractivity contribution in [1.29, 1.82) is 0 Å². The third kappa shape index (κ3) is 6.02. The Labute approximate surface area is 429 Å². The van der Waals surface area contributed by atoms with Crippen LogP contribution in [0, 0.1) is 13.8 Å². The molecule has 72 heavy (non-hydrogen) atoms. The van der Waals surface area contributed by atoms with Gasteiger partial charge in [0.15, 0.2) is 0 Å². The molecule has 4 heteroatoms. The lowest BCUT2D eigenvalue weighted by molar-refractivity contribution is 0.590. The molecule has 2 aliphatic heterocycles. The summed E-state index contributed by atoms with van der Waals surface area (Å²) in [6.07, 6.45) is 0. The van der Waals surface area contributed by atoms with E-state index in [0.717, 1.165) is 0 Å². The first kappa shape index (κ1) is 43.2. The van der Waals surface area contributed by atoms with Crippen molar-refractivity contribution < 1.29 is 0 Å². The van der Waals surface area contributed by atoms with Crippen LogP contribution >= 0.6 is 11.3 Å². The Kier molecular flexibility index (Phi) is 9.39. The zero-order valence-electron chi connectivity index (χ0n) is 42.0. The second-order valence-electron chi connectivity index (χ2n) is 22.0. The summed E-state index contributed by atoms with van der Waals surface area (Å²) in [6.45, 7) is 16.1. The quantitative estimate of drug-likeness (QED) is 0.159. The van der Waals surface area contributed by atoms with Gasteiger partial charge in [-0.05, 0) is 151 Å². The Balaban J connectivity index is 1.10. The van der Waals surface area contributed by atoms with Crippen LogP contribution in [0.5, 0.6) is 0 Å². The molecule has 0 amide bonds. The fraction of sp³-hybridized carbons (Fsp3) is 0.147. The fourth-order valence-electron chi connectivity index (χ4n) is 13.0. The maximum Gasteiger partial charge on any atom is 0.264 e. The van der Waals surface area contributed by atoms with Crippen LogP contribution in [-0.4, -0.2) is 6.71 Å². The van der Waals surface area contributed by atoms with E-state index in [4.69, 9.17) is 0 Å². The van der Waals surface area contributed by atoms with Gasteiger partial charge in [0.25, 0.3) is 6.71 Å². The summed E-state index contributed by atoms with van der Waals surface area (Å²) >= 11 is 2.07. The van der Waals surface area contributed by atoms with Crippen molar-refractivity contribution in [1.82, 2.24) is 0 Å². The Morgan fingerprint density at radius 3 is 1.79 bits per heavy atom. The molecular formula is C68H55BN2S. The molecule has 0 N–H and O–H groups in total. The maximum atomic E-state index is 2.65. The summed E-state index contributed by atoms with van der Waals surface area (Å²) in [5.41, 5.74) is 29.3. The van der Waals surface area contributed by atoms with E-state index in [1.165, 1.54) is 138 Å². The van der Waals surface area contributed by atoms with E-state index in [0.29, 0.717) is 5.92 Å². The SMILES string of the molecule is Cc1ccc(-c2ccccc2)c(-c2ccc3c(c2)N(c2ccc(C(C)(C)C)cc2)c2cc(C)cc4c2B3c2sc3c(c2N4c2ccccc2)-c2ccc(C(C)C)cc2C32c3ccccc3-c3ccccc32)c1. The van der Waals surface area contributed by atoms with Crippen LogP contribution in [-0.2, 0) is 10.8 Å². The highest BCUT2D eigenvalue weighted by Gasteiger charge is 2.57. The van der Waals surface area contributed by atoms with Crippen molar-refractivity contribution in [2.24, 2.45) is 0 Å². The molecule has 346 valence electrons. The largest absolute Gasteiger partial charge is 0.311 e. The van der Waals surface area contributed by atoms with E-state index in [9.17, 15) is 0 Å². The van der Waals surface area contributed by atoms with Gasteiger partial charge in [0.1, 0.15) is 0 Å². The highest BCUT2D eigenvalue weighted by molar-refractivity contribution is 7.30. The number of benzene rings is 9. The number of nitrogens with zero attached hydrogens (tertiary/aromatic N) is 2. The summed E-state index contributed by atoms with van der Waals surface area (Å²) in [7, 11) is 0. The second-order valence-corrected chi connectivity index (χ2v) is 23.0. The topological polar surface area (TPSA) is 6.48 Å². The highest BCUT2D eigenvalue weighted by atomic mass is 32.1. The molecule has 0 atom stereocenters. The Morgan fingerprint density at radius 1 is 0.486 bits per heavy atom. The molecule has 0 saturated heterocycles. The highest BCUT2D eigenvalue weighted by Crippen LogP contribution is 2.67. The maximum absolute atomic E-state index is 2.65. The Bertz CT molecular complexity index is 3810. The normalized spacial score (nSPS) is 14.2. The van der Waals surface area contributed by atoms with Crippen LogP contribution in [0.25, 0.3) is 44.5 Å². The minimum absolute atomic E-state index is 0.0243. The number of thiophene rings is 1. The third-order valence-electron chi connectivity index (χ3n) is 16.3. The van der Waals surface area contributed by atoms with Gasteiger partial charge in [0.05, 0.1) is 11.1 Å². The van der Waals surface area contributed by atoms with Crippen molar-refractivity contribution >= 4 is 67.9 Å². The van der Waals surface area contributed by atoms with Gasteiger partial charge in [0.2, 0.25) is 0 Å². The molecule has 3 heterocycles. The van der Waals surface area contributed by atoms with Gasteiger partial charge in [-0.2, -0.15) is 0 Å². The lowest BCUT2D eigenvalue weighted by atomic mass is 9.36. The van der Waals surface area contributed by atoms with Crippen LogP contribution in [0.4, 0.5) is 34.1 Å². The van der Waals surface area contributed by atoms with Gasteiger partial charge < -0.3 is 9.80 Å². The molecule has 1 spiro atoms. The average molecular weight is 943 g/mol. The van der Waals surface area contributed by atoms with Gasteiger partial charge in [0, 0.05) is 43.7 Å². The predicted molar refractivity (Wildman–Crippen MR) is 308 cm³/mol. The molecule has 4 aliphatic rings. The van der Waals surface area contributed by atoms with E-state index >= 15 is 0 Å². The molecule has 0 radical (unpaired) electrons. The number of aryl methyl sites for hydroxylation is 2. The van der Waals surface area contributed by atoms with Crippen LogP contribution in [0.2, 0.25) is 0 Å². The monoisotopic (exact) mass is 942 g/mol. The van der Waals surface area contributed by atoms with Crippen LogP contribution < -0.4 is 25.5 Å². The zero-order valence-corrected chi connectivity index (χ0v) is 42.8. The zero-order chi connectivity index (χ0) is 48.8. The summed E-state index contributed by atoms with van der Waals surface area (Å²) in [5, 5.41) is 0. The lowest BCUT2D eigenvalue weighted by Gasteiger charge is -2.44. The lowest BCUT2D eigenvalue weighted by Crippen LogP contribution is -2.60. The fourth-order valence-corrected chi connectivity index (χ4v) is 14.6. The van der Waals surface area contributed by atoms with E-state index in [2.05, 4.69) is 270 Å². The van der Waals surface area contributed by atoms with Crippen LogP contribution in [0.15, 0.2) is 200 Å². The number of hydrogen-bond acceptors (Lipinski definition) is 3. The summed E-state index contributed by atoms with van der Waals surface area (Å²) in [5.74, 6) is 0.390. The summed E-state index contributed by atoms with van der Waals surface area (Å²) < 4.78 is 1.40. The molecule has 0 bridgehead atoms. The molecule has 1 aromatic heterocycles. The Morgan fingerprint density at radius 2 is 1.11 bits per heavy atom. The number of fused-ring (bicyclic) bond motifs is 15. The van der Waals surface area contributed by atoms with Crippen molar-refractivity contribution in [2.75, 3.05) is 9.80 Å². The number of hydrogen-bond donors (Lipinski definition) is 0. The van der Waals surface area contributed by atoms with E-state index < -0.39 is 5.41 Å². The standard InChI is InChI=1S/C68H55BN2S/c1-41(2)45-27-34-53-57(39-45)68(55-24-16-14-22-51(55)52-23-15-17-25-56(52)68)65-62(53)64-66(72-65)69-58-35-28-46(54-36-42(3)26-33-50(54)44-18-10-8-11-19-44)40-59(58)70(49-31-29-47(30-32-49)67(5,6)7)60-37-43(4)38-61(63(60)69)71(64)48-20-12-9-13-21-48/h8-41H,1-7H3. The molecule has 2 aliphatic carbocycles. The summed E-state index contributed by atoms with van der Waals surface area (Å²) in [4.78, 5) is 6.67. The molecule has 0 fully saturated rings. The first-order valence-corrected chi connectivity index (χ1v) is 26.5. The smallest absolute Gasteiger partial charge is 0.264 e. The third-order valence-corrected chi connectivity index (χ3v) is 17.6. The van der Waals surface area contributed by atoms with Crippen molar-refractivity contribution in [3.63, 3.8) is 0 Å². The first-order valence-electron chi connectivity index (χ1n) is 25.7. The molecule has 9 aromatic carbocycles. The van der Waals surface area contributed by atoms with Crippen LogP contribution in [0.1, 0.15) is 84.4 Å². The molecule has 0 unspecified atom stereocenters. The molecule has 0 saturated carbocycles. The van der Waals surface area contributed by atoms with Crippen molar-refractivity contribution in [3.8, 4) is 44.5 Å². The van der Waals surface area contributed by atoms with E-state index in [1.807, 2.05) is 0 Å². The van der Waals surface area contributed by atoms with E-state index in [1.54, 1.807) is 0 Å². The minimum Gasteiger partial charge on any atom is -0.311 e. The van der Waals surface area contributed by atoms with E-state index in [-0.39, 0.29) is 12.1 Å². The molecule has 14 rings (SSSR count). The average Bonchev–Trinajstić information content (AvgIpc) is 4.03. The Hall–Kier alpha value is -7.66.